The molecule has 0 spiro atoms. The molecule has 1 aromatic heterocycles. The number of nitrogens with zero attached hydrogens (tertiary/aromatic N) is 3. The molecule has 0 aromatic carbocycles. The SMILES string of the molecule is NC1[C@@H]2CC[C@H]1CN(Cc1cnc(NCC(=O)O)nc1)C2. The Kier molecular flexibility index (Phi) is 4.03. The summed E-state index contributed by atoms with van der Waals surface area (Å²) in [7, 11) is 0. The predicted molar refractivity (Wildman–Crippen MR) is 77.6 cm³/mol. The van der Waals surface area contributed by atoms with Crippen molar-refractivity contribution in [3.63, 3.8) is 0 Å². The Bertz CT molecular complexity index is 493. The second-order valence-corrected chi connectivity index (χ2v) is 6.03. The molecule has 4 N–H and O–H groups in total. The van der Waals surface area contributed by atoms with Crippen molar-refractivity contribution < 1.29 is 9.90 Å². The maximum Gasteiger partial charge on any atom is 0.322 e. The third kappa shape index (κ3) is 3.30. The van der Waals surface area contributed by atoms with Crippen molar-refractivity contribution >= 4 is 11.9 Å². The van der Waals surface area contributed by atoms with E-state index in [9.17, 15) is 4.79 Å². The number of carbonyl (C=O) groups is 1. The van der Waals surface area contributed by atoms with Crippen LogP contribution in [0, 0.1) is 11.8 Å². The molecule has 1 aliphatic carbocycles. The average Bonchev–Trinajstić information content (AvgIpc) is 2.69. The van der Waals surface area contributed by atoms with Crippen molar-refractivity contribution in [1.29, 1.82) is 0 Å². The van der Waals surface area contributed by atoms with Crippen molar-refractivity contribution in [3.8, 4) is 0 Å². The molecule has 1 aromatic rings. The Morgan fingerprint density at radius 1 is 1.33 bits per heavy atom. The number of aliphatic carboxylic acids is 1. The highest BCUT2D eigenvalue weighted by Gasteiger charge is 2.39. The number of carboxylic acids is 1. The van der Waals surface area contributed by atoms with Gasteiger partial charge in [-0.2, -0.15) is 0 Å². The van der Waals surface area contributed by atoms with Crippen LogP contribution in [0.1, 0.15) is 18.4 Å². The molecule has 7 heteroatoms. The van der Waals surface area contributed by atoms with Crippen LogP contribution in [0.25, 0.3) is 0 Å². The van der Waals surface area contributed by atoms with Crippen molar-refractivity contribution in [1.82, 2.24) is 14.9 Å². The fourth-order valence-electron chi connectivity index (χ4n) is 3.43. The van der Waals surface area contributed by atoms with Gasteiger partial charge in [0.15, 0.2) is 0 Å². The summed E-state index contributed by atoms with van der Waals surface area (Å²) in [6.07, 6.45) is 6.01. The number of rotatable bonds is 5. The molecule has 0 radical (unpaired) electrons. The molecule has 21 heavy (non-hydrogen) atoms. The van der Waals surface area contributed by atoms with Crippen LogP contribution in [0.2, 0.25) is 0 Å². The molecule has 2 bridgehead atoms. The highest BCUT2D eigenvalue weighted by molar-refractivity contribution is 5.71. The zero-order chi connectivity index (χ0) is 14.8. The number of piperidine rings is 1. The predicted octanol–water partition coefficient (Wildman–Crippen LogP) is 0.142. The first-order chi connectivity index (χ1) is 10.1. The fraction of sp³-hybridized carbons (Fsp3) is 0.643. The molecule has 3 rings (SSSR count). The van der Waals surface area contributed by atoms with Crippen LogP contribution in [0.3, 0.4) is 0 Å². The van der Waals surface area contributed by atoms with Gasteiger partial charge in [-0.3, -0.25) is 9.69 Å². The highest BCUT2D eigenvalue weighted by atomic mass is 16.4. The molecule has 1 aliphatic heterocycles. The van der Waals surface area contributed by atoms with Gasteiger partial charge in [0.2, 0.25) is 5.95 Å². The molecule has 114 valence electrons. The van der Waals surface area contributed by atoms with E-state index in [1.54, 1.807) is 12.4 Å². The van der Waals surface area contributed by atoms with Crippen LogP contribution in [0.4, 0.5) is 5.95 Å². The largest absolute Gasteiger partial charge is 0.480 e. The summed E-state index contributed by atoms with van der Waals surface area (Å²) in [6.45, 7) is 2.76. The Balaban J connectivity index is 1.55. The van der Waals surface area contributed by atoms with E-state index in [4.69, 9.17) is 10.8 Å². The molecular weight excluding hydrogens is 270 g/mol. The molecule has 1 saturated heterocycles. The lowest BCUT2D eigenvalue weighted by Crippen LogP contribution is -2.48. The van der Waals surface area contributed by atoms with Gasteiger partial charge in [0.25, 0.3) is 0 Å². The van der Waals surface area contributed by atoms with Gasteiger partial charge in [0, 0.05) is 43.6 Å². The zero-order valence-corrected chi connectivity index (χ0v) is 11.9. The number of fused-ring (bicyclic) bond motifs is 2. The van der Waals surface area contributed by atoms with Crippen LogP contribution in [-0.2, 0) is 11.3 Å². The molecule has 1 saturated carbocycles. The second kappa shape index (κ2) is 5.95. The van der Waals surface area contributed by atoms with Gasteiger partial charge in [-0.25, -0.2) is 9.97 Å². The van der Waals surface area contributed by atoms with E-state index in [0.29, 0.717) is 23.8 Å². The molecule has 0 amide bonds. The lowest BCUT2D eigenvalue weighted by Gasteiger charge is -2.36. The first-order valence-corrected chi connectivity index (χ1v) is 7.36. The number of anilines is 1. The molecule has 3 atom stereocenters. The molecular formula is C14H21N5O2. The van der Waals surface area contributed by atoms with Gasteiger partial charge in [0.05, 0.1) is 0 Å². The number of hydrogen-bond donors (Lipinski definition) is 3. The van der Waals surface area contributed by atoms with Crippen molar-refractivity contribution in [2.45, 2.75) is 25.4 Å². The van der Waals surface area contributed by atoms with Crippen LogP contribution in [0.5, 0.6) is 0 Å². The van der Waals surface area contributed by atoms with Gasteiger partial charge >= 0.3 is 5.97 Å². The van der Waals surface area contributed by atoms with Gasteiger partial charge < -0.3 is 16.2 Å². The number of likely N-dealkylation sites (tertiary alicyclic amines) is 1. The maximum atomic E-state index is 10.5. The van der Waals surface area contributed by atoms with Crippen molar-refractivity contribution in [3.05, 3.63) is 18.0 Å². The zero-order valence-electron chi connectivity index (χ0n) is 11.9. The van der Waals surface area contributed by atoms with E-state index in [0.717, 1.165) is 25.2 Å². The van der Waals surface area contributed by atoms with Gasteiger partial charge in [-0.05, 0) is 24.7 Å². The van der Waals surface area contributed by atoms with E-state index in [1.807, 2.05) is 0 Å². The maximum absolute atomic E-state index is 10.5. The minimum absolute atomic E-state index is 0.174. The van der Waals surface area contributed by atoms with E-state index in [1.165, 1.54) is 12.8 Å². The van der Waals surface area contributed by atoms with Crippen LogP contribution in [0.15, 0.2) is 12.4 Å². The number of aromatic nitrogens is 2. The van der Waals surface area contributed by atoms with Gasteiger partial charge in [0.1, 0.15) is 6.54 Å². The number of nitrogens with two attached hydrogens (primary N) is 1. The standard InChI is InChI=1S/C14H21N5O2/c15-13-10-1-2-11(13)8-19(7-10)6-9-3-16-14(17-4-9)18-5-12(20)21/h3-4,10-11,13H,1-2,5-8,15H2,(H,20,21)(H,16,17,18)/t10-,11+,13?. The second-order valence-electron chi connectivity index (χ2n) is 6.03. The fourth-order valence-corrected chi connectivity index (χ4v) is 3.43. The van der Waals surface area contributed by atoms with Gasteiger partial charge in [-0.15, -0.1) is 0 Å². The summed E-state index contributed by atoms with van der Waals surface area (Å²) in [6, 6.07) is 0.375. The molecule has 7 nitrogen and oxygen atoms in total. The number of nitrogens with one attached hydrogen (secondary N) is 1. The topological polar surface area (TPSA) is 104 Å². The third-order valence-electron chi connectivity index (χ3n) is 4.49. The number of hydrogen-bond acceptors (Lipinski definition) is 6. The number of carboxylic acid groups (broad SMARTS) is 1. The summed E-state index contributed by atoms with van der Waals surface area (Å²) >= 11 is 0. The van der Waals surface area contributed by atoms with Crippen molar-refractivity contribution in [2.24, 2.45) is 17.6 Å². The lowest BCUT2D eigenvalue weighted by atomic mass is 9.93. The minimum atomic E-state index is -0.928. The lowest BCUT2D eigenvalue weighted by molar-refractivity contribution is -0.134. The van der Waals surface area contributed by atoms with Crippen LogP contribution >= 0.6 is 0 Å². The monoisotopic (exact) mass is 291 g/mol. The summed E-state index contributed by atoms with van der Waals surface area (Å²) in [4.78, 5) is 21.2. The molecule has 1 unspecified atom stereocenters. The summed E-state index contributed by atoms with van der Waals surface area (Å²) in [5.74, 6) is 0.673. The first kappa shape index (κ1) is 14.2. The molecule has 2 aliphatic rings. The highest BCUT2D eigenvalue weighted by Crippen LogP contribution is 2.35. The van der Waals surface area contributed by atoms with Crippen molar-refractivity contribution in [2.75, 3.05) is 25.0 Å². The van der Waals surface area contributed by atoms with Gasteiger partial charge in [-0.1, -0.05) is 0 Å². The van der Waals surface area contributed by atoms with E-state index in [-0.39, 0.29) is 6.54 Å². The summed E-state index contributed by atoms with van der Waals surface area (Å²) < 4.78 is 0. The smallest absolute Gasteiger partial charge is 0.322 e. The summed E-state index contributed by atoms with van der Waals surface area (Å²) in [5, 5.41) is 11.2. The Morgan fingerprint density at radius 3 is 2.52 bits per heavy atom. The minimum Gasteiger partial charge on any atom is -0.480 e. The molecule has 2 fully saturated rings. The van der Waals surface area contributed by atoms with Crippen LogP contribution < -0.4 is 11.1 Å². The van der Waals surface area contributed by atoms with E-state index >= 15 is 0 Å². The quantitative estimate of drug-likeness (QED) is 0.709. The molecule has 2 heterocycles. The Morgan fingerprint density at radius 2 is 1.95 bits per heavy atom. The van der Waals surface area contributed by atoms with E-state index < -0.39 is 5.97 Å². The third-order valence-corrected chi connectivity index (χ3v) is 4.49. The normalized spacial score (nSPS) is 28.5. The Labute approximate surface area is 123 Å². The first-order valence-electron chi connectivity index (χ1n) is 7.36. The van der Waals surface area contributed by atoms with E-state index in [2.05, 4.69) is 20.2 Å². The van der Waals surface area contributed by atoms with Crippen LogP contribution in [-0.4, -0.2) is 51.6 Å². The Hall–Kier alpha value is -1.73. The average molecular weight is 291 g/mol. The summed E-state index contributed by atoms with van der Waals surface area (Å²) in [5.41, 5.74) is 7.26.